The molecule has 10 aromatic rings. The largest absolute Gasteiger partial charge is 0.456 e. The maximum atomic E-state index is 6.94. The lowest BCUT2D eigenvalue weighted by atomic mass is 9.65. The van der Waals surface area contributed by atoms with Gasteiger partial charge in [0.1, 0.15) is 11.5 Å². The van der Waals surface area contributed by atoms with Crippen LogP contribution in [0.25, 0.3) is 49.4 Å². The van der Waals surface area contributed by atoms with E-state index in [0.29, 0.717) is 0 Å². The monoisotopic (exact) mass is 714 g/mol. The zero-order chi connectivity index (χ0) is 36.8. The Morgan fingerprint density at radius 1 is 0.429 bits per heavy atom. The Balaban J connectivity index is 1.18. The van der Waals surface area contributed by atoms with Crippen molar-refractivity contribution < 1.29 is 4.74 Å². The molecule has 0 N–H and O–H groups in total. The third kappa shape index (κ3) is 4.17. The molecular weight excluding hydrogens is 681 g/mol. The first-order valence-corrected chi connectivity index (χ1v) is 19.3. The summed E-state index contributed by atoms with van der Waals surface area (Å²) in [5.41, 5.74) is 13.6. The van der Waals surface area contributed by atoms with Gasteiger partial charge in [-0.25, -0.2) is 0 Å². The second-order valence-electron chi connectivity index (χ2n) is 14.8. The van der Waals surface area contributed by atoms with Gasteiger partial charge in [-0.3, -0.25) is 0 Å². The van der Waals surface area contributed by atoms with Crippen LogP contribution in [0, 0.1) is 0 Å². The molecule has 2 heterocycles. The second-order valence-corrected chi connectivity index (χ2v) is 14.8. The van der Waals surface area contributed by atoms with Gasteiger partial charge < -0.3 is 14.2 Å². The van der Waals surface area contributed by atoms with Gasteiger partial charge in [0.15, 0.2) is 0 Å². The molecule has 12 rings (SSSR count). The fraction of sp³-hybridized carbons (Fsp3) is 0.0189. The van der Waals surface area contributed by atoms with Crippen LogP contribution < -0.4 is 9.64 Å². The number of anilines is 3. The maximum Gasteiger partial charge on any atom is 0.140 e. The Labute approximate surface area is 324 Å². The van der Waals surface area contributed by atoms with Crippen LogP contribution in [0.5, 0.6) is 11.5 Å². The third-order valence-corrected chi connectivity index (χ3v) is 12.0. The summed E-state index contributed by atoms with van der Waals surface area (Å²) >= 11 is 0. The average molecular weight is 715 g/mol. The van der Waals surface area contributed by atoms with Crippen molar-refractivity contribution >= 4 is 49.6 Å². The first-order valence-electron chi connectivity index (χ1n) is 19.3. The molecule has 2 aliphatic rings. The van der Waals surface area contributed by atoms with E-state index < -0.39 is 5.41 Å². The van der Waals surface area contributed by atoms with E-state index in [9.17, 15) is 0 Å². The first-order chi connectivity index (χ1) is 27.8. The molecule has 1 aliphatic heterocycles. The number of nitrogens with zero attached hydrogens (tertiary/aromatic N) is 2. The molecule has 0 saturated carbocycles. The van der Waals surface area contributed by atoms with E-state index >= 15 is 0 Å². The highest BCUT2D eigenvalue weighted by atomic mass is 16.5. The van der Waals surface area contributed by atoms with E-state index in [-0.39, 0.29) is 0 Å². The predicted molar refractivity (Wildman–Crippen MR) is 230 cm³/mol. The minimum absolute atomic E-state index is 0.603. The van der Waals surface area contributed by atoms with Gasteiger partial charge in [-0.15, -0.1) is 0 Å². The molecule has 0 radical (unpaired) electrons. The zero-order valence-electron chi connectivity index (χ0n) is 30.4. The SMILES string of the molecule is c1ccc(N(c2ccc3c(c2)C2(c4ccccc4Oc4c2ccc2ccccc42)c2ccccc2-3)c2cccc3c2c2ccccc2n3-c2ccccc2)cc1. The van der Waals surface area contributed by atoms with Gasteiger partial charge in [-0.05, 0) is 88.3 Å². The van der Waals surface area contributed by atoms with Crippen LogP contribution in [0.15, 0.2) is 206 Å². The van der Waals surface area contributed by atoms with Crippen molar-refractivity contribution in [3.05, 3.63) is 229 Å². The minimum atomic E-state index is -0.603. The van der Waals surface area contributed by atoms with E-state index in [4.69, 9.17) is 4.74 Å². The number of ether oxygens (including phenoxy) is 1. The van der Waals surface area contributed by atoms with Crippen molar-refractivity contribution in [1.82, 2.24) is 4.57 Å². The molecule has 3 heteroatoms. The van der Waals surface area contributed by atoms with Crippen molar-refractivity contribution in [3.8, 4) is 28.3 Å². The number of benzene rings is 9. The lowest BCUT2D eigenvalue weighted by Crippen LogP contribution is -2.32. The summed E-state index contributed by atoms with van der Waals surface area (Å²) in [5, 5.41) is 4.71. The van der Waals surface area contributed by atoms with Crippen molar-refractivity contribution in [2.75, 3.05) is 4.90 Å². The molecule has 0 bridgehead atoms. The molecule has 0 amide bonds. The van der Waals surface area contributed by atoms with Crippen LogP contribution in [0.2, 0.25) is 0 Å². The fourth-order valence-corrected chi connectivity index (χ4v) is 9.80. The lowest BCUT2D eigenvalue weighted by molar-refractivity contribution is 0.441. The van der Waals surface area contributed by atoms with Crippen molar-refractivity contribution in [2.24, 2.45) is 0 Å². The molecule has 56 heavy (non-hydrogen) atoms. The smallest absolute Gasteiger partial charge is 0.140 e. The number of para-hydroxylation sites is 4. The minimum Gasteiger partial charge on any atom is -0.456 e. The number of hydrogen-bond acceptors (Lipinski definition) is 2. The molecule has 3 nitrogen and oxygen atoms in total. The molecular formula is C53H34N2O. The fourth-order valence-electron chi connectivity index (χ4n) is 9.80. The van der Waals surface area contributed by atoms with Crippen molar-refractivity contribution in [3.63, 3.8) is 0 Å². The van der Waals surface area contributed by atoms with E-state index in [1.54, 1.807) is 0 Å². The molecule has 9 aromatic carbocycles. The van der Waals surface area contributed by atoms with Crippen molar-refractivity contribution in [2.45, 2.75) is 5.41 Å². The van der Waals surface area contributed by atoms with Crippen molar-refractivity contribution in [1.29, 1.82) is 0 Å². The number of rotatable bonds is 4. The normalized spacial score (nSPS) is 15.0. The number of hydrogen-bond donors (Lipinski definition) is 0. The van der Waals surface area contributed by atoms with Gasteiger partial charge in [0.25, 0.3) is 0 Å². The average Bonchev–Trinajstić information content (AvgIpc) is 3.76. The Morgan fingerprint density at radius 2 is 1.11 bits per heavy atom. The van der Waals surface area contributed by atoms with E-state index in [2.05, 4.69) is 216 Å². The first kappa shape index (κ1) is 31.0. The number of aromatic nitrogens is 1. The van der Waals surface area contributed by atoms with Gasteiger partial charge in [0.05, 0.1) is 22.1 Å². The van der Waals surface area contributed by atoms with Gasteiger partial charge in [0, 0.05) is 44.3 Å². The van der Waals surface area contributed by atoms with Gasteiger partial charge in [-0.1, -0.05) is 146 Å². The molecule has 0 saturated heterocycles. The summed E-state index contributed by atoms with van der Waals surface area (Å²) in [5.74, 6) is 1.82. The topological polar surface area (TPSA) is 17.4 Å². The van der Waals surface area contributed by atoms with E-state index in [0.717, 1.165) is 50.8 Å². The highest BCUT2D eigenvalue weighted by molar-refractivity contribution is 6.16. The standard InChI is InChI=1S/C53H34N2O/c1-3-17-36(18-4-1)54(48-27-15-28-49-51(48)42-23-10-13-26-47(42)55(49)37-19-5-2-6-20-37)38-31-32-41-40-22-9-11-24-43(40)53(46(41)34-38)44-25-12-14-29-50(44)56-52-39-21-8-7-16-35(39)30-33-45(52)53/h1-34H. The van der Waals surface area contributed by atoms with Crippen LogP contribution in [0.1, 0.15) is 22.3 Å². The Morgan fingerprint density at radius 3 is 1.98 bits per heavy atom. The van der Waals surface area contributed by atoms with E-state index in [1.807, 2.05) is 0 Å². The van der Waals surface area contributed by atoms with Gasteiger partial charge in [0.2, 0.25) is 0 Å². The van der Waals surface area contributed by atoms with Crippen LogP contribution in [0.4, 0.5) is 17.1 Å². The summed E-state index contributed by atoms with van der Waals surface area (Å²) in [6, 6.07) is 74.9. The van der Waals surface area contributed by atoms with E-state index in [1.165, 1.54) is 49.4 Å². The summed E-state index contributed by atoms with van der Waals surface area (Å²) in [6.07, 6.45) is 0. The van der Waals surface area contributed by atoms with Gasteiger partial charge >= 0.3 is 0 Å². The molecule has 1 spiro atoms. The molecule has 1 atom stereocenters. The summed E-state index contributed by atoms with van der Waals surface area (Å²) in [4.78, 5) is 2.45. The predicted octanol–water partition coefficient (Wildman–Crippen LogP) is 13.9. The zero-order valence-corrected chi connectivity index (χ0v) is 30.4. The second kappa shape index (κ2) is 11.8. The van der Waals surface area contributed by atoms with Crippen LogP contribution in [0.3, 0.4) is 0 Å². The molecule has 1 aliphatic carbocycles. The molecule has 0 fully saturated rings. The third-order valence-electron chi connectivity index (χ3n) is 12.0. The summed E-state index contributed by atoms with van der Waals surface area (Å²) in [6.45, 7) is 0. The highest BCUT2D eigenvalue weighted by Gasteiger charge is 2.51. The molecule has 1 unspecified atom stereocenters. The van der Waals surface area contributed by atoms with Crippen LogP contribution in [-0.4, -0.2) is 4.57 Å². The summed E-state index contributed by atoms with van der Waals surface area (Å²) < 4.78 is 9.33. The summed E-state index contributed by atoms with van der Waals surface area (Å²) in [7, 11) is 0. The quantitative estimate of drug-likeness (QED) is 0.181. The lowest BCUT2D eigenvalue weighted by Gasteiger charge is -2.40. The van der Waals surface area contributed by atoms with Crippen LogP contribution >= 0.6 is 0 Å². The Kier molecular flexibility index (Phi) is 6.55. The highest BCUT2D eigenvalue weighted by Crippen LogP contribution is 2.63. The Bertz CT molecular complexity index is 3180. The maximum absolute atomic E-state index is 6.94. The van der Waals surface area contributed by atoms with Crippen LogP contribution in [-0.2, 0) is 5.41 Å². The molecule has 1 aromatic heterocycles. The number of fused-ring (bicyclic) bond motifs is 14. The molecule has 262 valence electrons. The Hall–Kier alpha value is -7.36. The van der Waals surface area contributed by atoms with Gasteiger partial charge in [-0.2, -0.15) is 0 Å².